The Hall–Kier alpha value is -1.31. The van der Waals surface area contributed by atoms with Crippen molar-refractivity contribution in [1.29, 1.82) is 0 Å². The van der Waals surface area contributed by atoms with Crippen LogP contribution in [0, 0.1) is 0 Å². The minimum absolute atomic E-state index is 0.267. The molecule has 2 rings (SSSR count). The van der Waals surface area contributed by atoms with Gasteiger partial charge in [-0.15, -0.1) is 23.4 Å². The van der Waals surface area contributed by atoms with Crippen LogP contribution in [-0.2, 0) is 19.0 Å². The molecule has 1 aliphatic rings. The average Bonchev–Trinajstić information content (AvgIpc) is 2.66. The van der Waals surface area contributed by atoms with E-state index in [0.29, 0.717) is 12.4 Å². The minimum Gasteiger partial charge on any atom is -0.454 e. The number of thioether (sulfide) groups is 1. The second-order valence-corrected chi connectivity index (χ2v) is 6.80. The van der Waals surface area contributed by atoms with E-state index in [2.05, 4.69) is 0 Å². The summed E-state index contributed by atoms with van der Waals surface area (Å²) in [6.45, 7) is 2.32. The molecular formula is C19H23ClO5S. The molecule has 1 aliphatic heterocycles. The molecule has 0 aromatic heterocycles. The fourth-order valence-electron chi connectivity index (χ4n) is 2.38. The molecule has 0 saturated carbocycles. The van der Waals surface area contributed by atoms with E-state index in [1.807, 2.05) is 43.3 Å². The van der Waals surface area contributed by atoms with Gasteiger partial charge in [0.2, 0.25) is 0 Å². The molecule has 26 heavy (non-hydrogen) atoms. The van der Waals surface area contributed by atoms with E-state index in [1.165, 1.54) is 0 Å². The SMILES string of the molecule is CCO[C@@H]1C=C[C@H](O)[C@@H]([C@H](/C=C/CSc2ccccc2)OC(=O)CCl)O1. The van der Waals surface area contributed by atoms with Crippen molar-refractivity contribution in [2.24, 2.45) is 0 Å². The Kier molecular flexibility index (Phi) is 9.22. The summed E-state index contributed by atoms with van der Waals surface area (Å²) in [6, 6.07) is 9.96. The minimum atomic E-state index is -0.911. The molecule has 1 N–H and O–H groups in total. The van der Waals surface area contributed by atoms with Gasteiger partial charge in [-0.2, -0.15) is 0 Å². The van der Waals surface area contributed by atoms with Gasteiger partial charge in [0.05, 0.1) is 0 Å². The van der Waals surface area contributed by atoms with Gasteiger partial charge in [-0.3, -0.25) is 4.79 Å². The van der Waals surface area contributed by atoms with E-state index < -0.39 is 30.6 Å². The molecular weight excluding hydrogens is 376 g/mol. The summed E-state index contributed by atoms with van der Waals surface area (Å²) in [5.41, 5.74) is 0. The predicted octanol–water partition coefficient (Wildman–Crippen LogP) is 3.16. The van der Waals surface area contributed by atoms with Crippen LogP contribution < -0.4 is 0 Å². The standard InChI is InChI=1S/C19H23ClO5S/c1-2-23-18-11-10-15(21)19(25-18)16(24-17(22)13-20)9-6-12-26-14-7-4-3-5-8-14/h3-11,15-16,18-19,21H,2,12-13H2,1H3/b9-6+/t15-,16-,18-,19-/m0/s1. The normalized spacial score (nSPS) is 23.9. The van der Waals surface area contributed by atoms with Gasteiger partial charge in [-0.25, -0.2) is 0 Å². The molecule has 0 radical (unpaired) electrons. The Morgan fingerprint density at radius 3 is 2.85 bits per heavy atom. The number of alkyl halides is 1. The van der Waals surface area contributed by atoms with Gasteiger partial charge in [0.15, 0.2) is 6.29 Å². The number of aliphatic hydroxyl groups excluding tert-OH is 1. The summed E-state index contributed by atoms with van der Waals surface area (Å²) in [5, 5.41) is 10.2. The monoisotopic (exact) mass is 398 g/mol. The van der Waals surface area contributed by atoms with E-state index in [-0.39, 0.29) is 5.88 Å². The molecule has 0 spiro atoms. The number of esters is 1. The van der Waals surface area contributed by atoms with Crippen molar-refractivity contribution in [1.82, 2.24) is 0 Å². The number of carbonyl (C=O) groups is 1. The van der Waals surface area contributed by atoms with Gasteiger partial charge in [0.25, 0.3) is 0 Å². The molecule has 1 aromatic carbocycles. The van der Waals surface area contributed by atoms with Gasteiger partial charge in [0.1, 0.15) is 24.2 Å². The van der Waals surface area contributed by atoms with Gasteiger partial charge >= 0.3 is 5.97 Å². The number of aliphatic hydroxyl groups is 1. The van der Waals surface area contributed by atoms with Crippen molar-refractivity contribution in [3.05, 3.63) is 54.6 Å². The second kappa shape index (κ2) is 11.4. The van der Waals surface area contributed by atoms with Crippen molar-refractivity contribution < 1.29 is 24.1 Å². The van der Waals surface area contributed by atoms with Crippen molar-refractivity contribution >= 4 is 29.3 Å². The van der Waals surface area contributed by atoms with E-state index in [4.69, 9.17) is 25.8 Å². The number of rotatable bonds is 9. The Labute approximate surface area is 163 Å². The fraction of sp³-hybridized carbons (Fsp3) is 0.421. The number of hydrogen-bond acceptors (Lipinski definition) is 6. The molecule has 0 amide bonds. The fourth-order valence-corrected chi connectivity index (χ4v) is 3.19. The topological polar surface area (TPSA) is 65.0 Å². The van der Waals surface area contributed by atoms with Crippen LogP contribution in [0.15, 0.2) is 59.5 Å². The molecule has 5 nitrogen and oxygen atoms in total. The molecule has 0 unspecified atom stereocenters. The number of halogens is 1. The first-order chi connectivity index (χ1) is 12.6. The summed E-state index contributed by atoms with van der Waals surface area (Å²) < 4.78 is 16.5. The first kappa shape index (κ1) is 21.0. The highest BCUT2D eigenvalue weighted by molar-refractivity contribution is 7.99. The summed E-state index contributed by atoms with van der Waals surface area (Å²) in [4.78, 5) is 12.8. The molecule has 0 aliphatic carbocycles. The van der Waals surface area contributed by atoms with Crippen molar-refractivity contribution in [2.45, 2.75) is 36.4 Å². The van der Waals surface area contributed by atoms with E-state index >= 15 is 0 Å². The van der Waals surface area contributed by atoms with Crippen LogP contribution in [-0.4, -0.2) is 53.9 Å². The number of hydrogen-bond donors (Lipinski definition) is 1. The van der Waals surface area contributed by atoms with Crippen LogP contribution in [0.25, 0.3) is 0 Å². The maximum Gasteiger partial charge on any atom is 0.321 e. The van der Waals surface area contributed by atoms with Crippen LogP contribution in [0.2, 0.25) is 0 Å². The lowest BCUT2D eigenvalue weighted by atomic mass is 10.0. The summed E-state index contributed by atoms with van der Waals surface area (Å²) in [7, 11) is 0. The first-order valence-electron chi connectivity index (χ1n) is 8.37. The van der Waals surface area contributed by atoms with E-state index in [1.54, 1.807) is 30.0 Å². The van der Waals surface area contributed by atoms with E-state index in [0.717, 1.165) is 4.90 Å². The van der Waals surface area contributed by atoms with Gasteiger partial charge in [-0.05, 0) is 31.2 Å². The maximum atomic E-state index is 11.7. The third-order valence-corrected chi connectivity index (χ3v) is 4.72. The maximum absolute atomic E-state index is 11.7. The summed E-state index contributed by atoms with van der Waals surface area (Å²) in [5.74, 6) is -0.154. The zero-order chi connectivity index (χ0) is 18.8. The van der Waals surface area contributed by atoms with Gasteiger partial charge in [-0.1, -0.05) is 30.4 Å². The number of benzene rings is 1. The summed E-state index contributed by atoms with van der Waals surface area (Å²) in [6.07, 6.45) is 3.80. The molecule has 0 saturated heterocycles. The van der Waals surface area contributed by atoms with Gasteiger partial charge < -0.3 is 19.3 Å². The number of carbonyl (C=O) groups excluding carboxylic acids is 1. The summed E-state index contributed by atoms with van der Waals surface area (Å²) >= 11 is 7.19. The molecule has 1 heterocycles. The zero-order valence-electron chi connectivity index (χ0n) is 14.5. The second-order valence-electron chi connectivity index (χ2n) is 5.44. The Morgan fingerprint density at radius 2 is 2.15 bits per heavy atom. The molecule has 0 bridgehead atoms. The average molecular weight is 399 g/mol. The van der Waals surface area contributed by atoms with Crippen LogP contribution in [0.4, 0.5) is 0 Å². The van der Waals surface area contributed by atoms with Crippen molar-refractivity contribution in [2.75, 3.05) is 18.2 Å². The molecule has 4 atom stereocenters. The van der Waals surface area contributed by atoms with Crippen LogP contribution in [0.5, 0.6) is 0 Å². The third-order valence-electron chi connectivity index (χ3n) is 3.54. The molecule has 1 aromatic rings. The van der Waals surface area contributed by atoms with Crippen molar-refractivity contribution in [3.63, 3.8) is 0 Å². The van der Waals surface area contributed by atoms with E-state index in [9.17, 15) is 9.90 Å². The first-order valence-corrected chi connectivity index (χ1v) is 9.89. The van der Waals surface area contributed by atoms with Crippen molar-refractivity contribution in [3.8, 4) is 0 Å². The number of ether oxygens (including phenoxy) is 3. The molecule has 7 heteroatoms. The zero-order valence-corrected chi connectivity index (χ0v) is 16.1. The highest BCUT2D eigenvalue weighted by Gasteiger charge is 2.34. The smallest absolute Gasteiger partial charge is 0.321 e. The molecule has 0 fully saturated rings. The van der Waals surface area contributed by atoms with Gasteiger partial charge in [0, 0.05) is 17.3 Å². The highest BCUT2D eigenvalue weighted by Crippen LogP contribution is 2.22. The lowest BCUT2D eigenvalue weighted by Gasteiger charge is -2.33. The highest BCUT2D eigenvalue weighted by atomic mass is 35.5. The van der Waals surface area contributed by atoms with Crippen LogP contribution >= 0.6 is 23.4 Å². The third kappa shape index (κ3) is 6.78. The lowest BCUT2D eigenvalue weighted by molar-refractivity contribution is -0.197. The Bertz CT molecular complexity index is 607. The quantitative estimate of drug-likeness (QED) is 0.298. The molecule has 142 valence electrons. The van der Waals surface area contributed by atoms with Crippen LogP contribution in [0.3, 0.4) is 0 Å². The van der Waals surface area contributed by atoms with Crippen LogP contribution in [0.1, 0.15) is 6.92 Å². The largest absolute Gasteiger partial charge is 0.454 e. The predicted molar refractivity (Wildman–Crippen MR) is 102 cm³/mol. The Balaban J connectivity index is 2.01. The lowest BCUT2D eigenvalue weighted by Crippen LogP contribution is -2.45. The Morgan fingerprint density at radius 1 is 1.38 bits per heavy atom.